The Morgan fingerprint density at radius 1 is 0.421 bits per heavy atom. The van der Waals surface area contributed by atoms with Crippen molar-refractivity contribution in [3.63, 3.8) is 0 Å². The summed E-state index contributed by atoms with van der Waals surface area (Å²) in [7, 11) is 0. The van der Waals surface area contributed by atoms with Crippen LogP contribution in [0.3, 0.4) is 0 Å². The molecule has 5 aromatic heterocycles. The smallest absolute Gasteiger partial charge is 0.162 e. The van der Waals surface area contributed by atoms with Crippen LogP contribution in [0.4, 0.5) is 0 Å². The van der Waals surface area contributed by atoms with E-state index in [1.165, 1.54) is 62.4 Å². The maximum absolute atomic E-state index is 5.52. The van der Waals surface area contributed by atoms with Crippen LogP contribution >= 0.6 is 0 Å². The van der Waals surface area contributed by atoms with Crippen molar-refractivity contribution >= 4 is 0 Å². The van der Waals surface area contributed by atoms with Gasteiger partial charge < -0.3 is 27.7 Å². The van der Waals surface area contributed by atoms with E-state index >= 15 is 0 Å². The zero-order valence-corrected chi connectivity index (χ0v) is 36.0. The highest BCUT2D eigenvalue weighted by Gasteiger charge is 2.23. The molecule has 5 aromatic rings. The molecule has 5 aliphatic rings. The molecular weight excluding hydrogens is 723 g/mol. The summed E-state index contributed by atoms with van der Waals surface area (Å²) in [6.45, 7) is 27.4. The van der Waals surface area contributed by atoms with Gasteiger partial charge >= 0.3 is 0 Å². The van der Waals surface area contributed by atoms with E-state index in [1.807, 2.05) is 53.1 Å². The normalized spacial score (nSPS) is 23.3. The molecule has 0 N–H and O–H groups in total. The maximum atomic E-state index is 5.52. The lowest BCUT2D eigenvalue weighted by Gasteiger charge is -2.20. The van der Waals surface area contributed by atoms with Gasteiger partial charge in [-0.25, -0.2) is 9.67 Å². The van der Waals surface area contributed by atoms with E-state index in [4.69, 9.17) is 9.47 Å². The topological polar surface area (TPSA) is 172 Å². The van der Waals surface area contributed by atoms with Crippen molar-refractivity contribution in [3.05, 3.63) is 58.2 Å². The molecular formula is C40H65N15O2. The maximum Gasteiger partial charge on any atom is 0.162 e. The lowest BCUT2D eigenvalue weighted by Crippen LogP contribution is -2.20. The highest BCUT2D eigenvalue weighted by Crippen LogP contribution is 2.27. The SMILES string of the molecule is Cc1nc2n(n1)CCCC2C.Cc1nnc2n1CCCC2C.Cc1nnc2n1CCCCC2C.Cc1nnc2n1CCCOC2C.Cc1nnc2n1CCOC2C. The Hall–Kier alpha value is -4.38. The predicted molar refractivity (Wildman–Crippen MR) is 215 cm³/mol. The Morgan fingerprint density at radius 2 is 0.842 bits per heavy atom. The Kier molecular flexibility index (Phi) is 14.4. The second kappa shape index (κ2) is 19.4. The molecule has 0 bridgehead atoms. The van der Waals surface area contributed by atoms with Crippen LogP contribution in [0.15, 0.2) is 0 Å². The minimum atomic E-state index is 0.0914. The molecule has 0 aliphatic carbocycles. The molecule has 0 saturated heterocycles. The third-order valence-electron chi connectivity index (χ3n) is 11.6. The first-order valence-corrected chi connectivity index (χ1v) is 21.2. The van der Waals surface area contributed by atoms with Crippen LogP contribution in [0, 0.1) is 34.6 Å². The van der Waals surface area contributed by atoms with Gasteiger partial charge in [-0.15, -0.1) is 40.8 Å². The van der Waals surface area contributed by atoms with Crippen LogP contribution < -0.4 is 0 Å². The molecule has 10 rings (SSSR count). The molecule has 10 heterocycles. The molecule has 57 heavy (non-hydrogen) atoms. The number of hydrogen-bond acceptors (Lipinski definition) is 12. The fourth-order valence-corrected chi connectivity index (χ4v) is 8.19. The largest absolute Gasteiger partial charge is 0.370 e. The molecule has 312 valence electrons. The molecule has 17 nitrogen and oxygen atoms in total. The molecule has 5 atom stereocenters. The summed E-state index contributed by atoms with van der Waals surface area (Å²) in [6.07, 6.45) is 10.1. The second-order valence-corrected chi connectivity index (χ2v) is 16.1. The molecule has 0 amide bonds. The number of rotatable bonds is 0. The average Bonchev–Trinajstić information content (AvgIpc) is 3.99. The van der Waals surface area contributed by atoms with E-state index in [0.29, 0.717) is 17.8 Å². The lowest BCUT2D eigenvalue weighted by molar-refractivity contribution is 0.0287. The monoisotopic (exact) mass is 788 g/mol. The third kappa shape index (κ3) is 10.2. The molecule has 0 fully saturated rings. The number of aromatic nitrogens is 15. The summed E-state index contributed by atoms with van der Waals surface area (Å²) in [6, 6.07) is 0. The van der Waals surface area contributed by atoms with Gasteiger partial charge in [0, 0.05) is 57.1 Å². The molecule has 0 saturated carbocycles. The Morgan fingerprint density at radius 3 is 1.39 bits per heavy atom. The molecule has 5 aliphatic heterocycles. The Bertz CT molecular complexity index is 1900. The van der Waals surface area contributed by atoms with Crippen molar-refractivity contribution in [3.8, 4) is 0 Å². The Balaban J connectivity index is 0.000000120. The summed E-state index contributed by atoms with van der Waals surface area (Å²) < 4.78 is 21.7. The van der Waals surface area contributed by atoms with E-state index in [2.05, 4.69) is 89.9 Å². The van der Waals surface area contributed by atoms with Crippen LogP contribution in [0.1, 0.15) is 174 Å². The van der Waals surface area contributed by atoms with E-state index < -0.39 is 0 Å². The third-order valence-corrected chi connectivity index (χ3v) is 11.6. The van der Waals surface area contributed by atoms with E-state index in [9.17, 15) is 0 Å². The van der Waals surface area contributed by atoms with Gasteiger partial charge in [-0.05, 0) is 93.4 Å². The van der Waals surface area contributed by atoms with Gasteiger partial charge in [-0.1, -0.05) is 27.2 Å². The van der Waals surface area contributed by atoms with Crippen molar-refractivity contribution in [2.24, 2.45) is 0 Å². The van der Waals surface area contributed by atoms with Crippen molar-refractivity contribution in [2.75, 3.05) is 13.2 Å². The lowest BCUT2D eigenvalue weighted by atomic mass is 10.0. The minimum Gasteiger partial charge on any atom is -0.370 e. The van der Waals surface area contributed by atoms with Gasteiger partial charge in [-0.3, -0.25) is 0 Å². The molecule has 0 aromatic carbocycles. The Labute approximate surface area is 337 Å². The van der Waals surface area contributed by atoms with Crippen LogP contribution in [-0.4, -0.2) is 87.0 Å². The predicted octanol–water partition coefficient (Wildman–Crippen LogP) is 6.59. The summed E-state index contributed by atoms with van der Waals surface area (Å²) in [5.41, 5.74) is 0. The van der Waals surface area contributed by atoms with Crippen LogP contribution in [0.2, 0.25) is 0 Å². The molecule has 0 radical (unpaired) electrons. The summed E-state index contributed by atoms with van der Waals surface area (Å²) in [4.78, 5) is 4.38. The summed E-state index contributed by atoms with van der Waals surface area (Å²) in [5, 5.41) is 36.9. The van der Waals surface area contributed by atoms with Crippen molar-refractivity contribution < 1.29 is 9.47 Å². The van der Waals surface area contributed by atoms with Crippen LogP contribution in [0.25, 0.3) is 0 Å². The van der Waals surface area contributed by atoms with Crippen LogP contribution in [-0.2, 0) is 42.2 Å². The second-order valence-electron chi connectivity index (χ2n) is 16.1. The minimum absolute atomic E-state index is 0.0914. The zero-order valence-electron chi connectivity index (χ0n) is 36.0. The van der Waals surface area contributed by atoms with E-state index in [-0.39, 0.29) is 12.2 Å². The van der Waals surface area contributed by atoms with Gasteiger partial charge in [-0.2, -0.15) is 5.10 Å². The number of ether oxygens (including phenoxy) is 2. The van der Waals surface area contributed by atoms with Gasteiger partial charge in [0.2, 0.25) is 0 Å². The number of nitrogens with zero attached hydrogens (tertiary/aromatic N) is 15. The van der Waals surface area contributed by atoms with E-state index in [1.54, 1.807) is 0 Å². The standard InChI is InChI=1S/C9H15N3.C8H13N3O.2C8H13N3.C7H11N3O/c1-7-5-3-4-6-12-8(2)10-11-9(7)12;1-6-8-10-9-7(2)11(8)4-3-5-12-6;1-6-4-3-5-11-7(2)9-10-8(6)11;1-6-4-3-5-11-8(6)9-7(2)10-11;1-5-7-9-8-6(2)10(7)3-4-11-5/h7H,3-6H2,1-2H3;6H,3-5H2,1-2H3;2*6H,3-5H2,1-2H3;5H,3-4H2,1-2H3. The first kappa shape index (κ1) is 42.2. The first-order valence-electron chi connectivity index (χ1n) is 21.2. The van der Waals surface area contributed by atoms with Crippen molar-refractivity contribution in [2.45, 2.75) is 183 Å². The molecule has 5 unspecified atom stereocenters. The summed E-state index contributed by atoms with van der Waals surface area (Å²) in [5.74, 6) is 12.3. The fraction of sp³-hybridized carbons (Fsp3) is 0.750. The summed E-state index contributed by atoms with van der Waals surface area (Å²) >= 11 is 0. The number of hydrogen-bond donors (Lipinski definition) is 0. The highest BCUT2D eigenvalue weighted by molar-refractivity contribution is 5.04. The van der Waals surface area contributed by atoms with Gasteiger partial charge in [0.1, 0.15) is 58.8 Å². The first-order chi connectivity index (χ1) is 27.4. The fourth-order valence-electron chi connectivity index (χ4n) is 8.19. The molecule has 0 spiro atoms. The zero-order chi connectivity index (χ0) is 40.6. The number of fused-ring (bicyclic) bond motifs is 5. The quantitative estimate of drug-likeness (QED) is 0.165. The van der Waals surface area contributed by atoms with E-state index in [0.717, 1.165) is 93.1 Å². The van der Waals surface area contributed by atoms with Gasteiger partial charge in [0.15, 0.2) is 11.6 Å². The molecule has 17 heteroatoms. The van der Waals surface area contributed by atoms with Crippen molar-refractivity contribution in [1.29, 1.82) is 0 Å². The average molecular weight is 788 g/mol. The van der Waals surface area contributed by atoms with Gasteiger partial charge in [0.05, 0.1) is 6.61 Å². The van der Waals surface area contributed by atoms with Gasteiger partial charge in [0.25, 0.3) is 0 Å². The highest BCUT2D eigenvalue weighted by atomic mass is 16.5. The number of aryl methyl sites for hydroxylation is 6. The van der Waals surface area contributed by atoms with Crippen LogP contribution in [0.5, 0.6) is 0 Å². The van der Waals surface area contributed by atoms with Crippen molar-refractivity contribution in [1.82, 2.24) is 73.8 Å².